The van der Waals surface area contributed by atoms with Crippen LogP contribution in [0.3, 0.4) is 0 Å². The predicted molar refractivity (Wildman–Crippen MR) is 216 cm³/mol. The third-order valence-corrected chi connectivity index (χ3v) is 9.17. The minimum Gasteiger partial charge on any atom is -0.456 e. The summed E-state index contributed by atoms with van der Waals surface area (Å²) in [5.74, 6) is 0. The molecule has 9 aromatic carbocycles. The molecule has 1 aromatic heterocycles. The van der Waals surface area contributed by atoms with E-state index in [9.17, 15) is 5.48 Å². The first-order valence-corrected chi connectivity index (χ1v) is 16.2. The third-order valence-electron chi connectivity index (χ3n) is 9.17. The van der Waals surface area contributed by atoms with Crippen molar-refractivity contribution in [3.63, 3.8) is 0 Å². The summed E-state index contributed by atoms with van der Waals surface area (Å²) in [6.45, 7) is 0. The van der Waals surface area contributed by atoms with Crippen LogP contribution in [0.5, 0.6) is 0 Å². The quantitative estimate of drug-likeness (QED) is 0.167. The van der Waals surface area contributed by atoms with E-state index < -0.39 is 89.7 Å². The number of rotatable bonds is 5. The topological polar surface area (TPSA) is 13.1 Å². The van der Waals surface area contributed by atoms with Crippen LogP contribution in [0.4, 0.5) is 0 Å². The maximum Gasteiger partial charge on any atom is 0.136 e. The molecular formula is C50H32O. The number of hydrogen-bond donors (Lipinski definition) is 0. The highest BCUT2D eigenvalue weighted by Gasteiger charge is 2.21. The van der Waals surface area contributed by atoms with E-state index in [0.717, 1.165) is 11.1 Å². The lowest BCUT2D eigenvalue weighted by Crippen LogP contribution is -1.93. The van der Waals surface area contributed by atoms with Crippen LogP contribution in [-0.4, -0.2) is 0 Å². The molecule has 0 aliphatic carbocycles. The van der Waals surface area contributed by atoms with Crippen molar-refractivity contribution in [2.24, 2.45) is 0 Å². The van der Waals surface area contributed by atoms with E-state index in [1.165, 1.54) is 0 Å². The average Bonchev–Trinajstić information content (AvgIpc) is 3.75. The minimum atomic E-state index is -0.692. The zero-order chi connectivity index (χ0) is 47.7. The van der Waals surface area contributed by atoms with Crippen LogP contribution in [0.15, 0.2) is 198 Å². The number of fused-ring (bicyclic) bond motifs is 5. The first-order chi connectivity index (χ1) is 32.0. The summed E-state index contributed by atoms with van der Waals surface area (Å²) < 4.78 is 146. The summed E-state index contributed by atoms with van der Waals surface area (Å²) in [5.41, 5.74) is 2.31. The van der Waals surface area contributed by atoms with Gasteiger partial charge >= 0.3 is 0 Å². The summed E-state index contributed by atoms with van der Waals surface area (Å²) in [7, 11) is 0. The van der Waals surface area contributed by atoms with Crippen molar-refractivity contribution in [2.45, 2.75) is 0 Å². The second kappa shape index (κ2) is 12.0. The predicted octanol–water partition coefficient (Wildman–Crippen LogP) is 14.2. The lowest BCUT2D eigenvalue weighted by atomic mass is 9.83. The number of benzene rings is 9. The Balaban J connectivity index is 1.31. The molecule has 10 aromatic rings. The second-order valence-corrected chi connectivity index (χ2v) is 12.0. The fourth-order valence-electron chi connectivity index (χ4n) is 7.00. The Hall–Kier alpha value is -6.70. The highest BCUT2D eigenvalue weighted by Crippen LogP contribution is 2.48. The van der Waals surface area contributed by atoms with Gasteiger partial charge in [0.25, 0.3) is 0 Å². The van der Waals surface area contributed by atoms with Crippen molar-refractivity contribution in [1.82, 2.24) is 0 Å². The van der Waals surface area contributed by atoms with Crippen molar-refractivity contribution >= 4 is 43.5 Å². The Morgan fingerprint density at radius 3 is 1.67 bits per heavy atom. The molecule has 1 heterocycles. The molecule has 10 rings (SSSR count). The number of furan rings is 1. The Bertz CT molecular complexity index is 3710. The van der Waals surface area contributed by atoms with Crippen LogP contribution >= 0.6 is 0 Å². The van der Waals surface area contributed by atoms with Crippen LogP contribution < -0.4 is 0 Å². The maximum absolute atomic E-state index is 9.54. The van der Waals surface area contributed by atoms with Gasteiger partial charge in [-0.25, -0.2) is 0 Å². The Morgan fingerprint density at radius 2 is 0.980 bits per heavy atom. The van der Waals surface area contributed by atoms with Crippen molar-refractivity contribution < 1.29 is 26.3 Å². The fraction of sp³-hybridized carbons (Fsp3) is 0. The molecular weight excluding hydrogens is 617 g/mol. The minimum absolute atomic E-state index is 0.0259. The van der Waals surface area contributed by atoms with Gasteiger partial charge in [0.15, 0.2) is 0 Å². The molecule has 0 aliphatic heterocycles. The first kappa shape index (κ1) is 17.3. The van der Waals surface area contributed by atoms with Crippen molar-refractivity contribution in [3.8, 4) is 55.6 Å². The molecule has 0 N–H and O–H groups in total. The van der Waals surface area contributed by atoms with E-state index in [0.29, 0.717) is 43.8 Å². The summed E-state index contributed by atoms with van der Waals surface area (Å²) in [6, 6.07) is 20.9. The Labute approximate surface area is 319 Å². The monoisotopic (exact) mass is 664 g/mol. The first-order valence-electron chi connectivity index (χ1n) is 24.2. The maximum atomic E-state index is 9.54. The van der Waals surface area contributed by atoms with Gasteiger partial charge < -0.3 is 4.42 Å². The highest BCUT2D eigenvalue weighted by molar-refractivity contribution is 6.25. The van der Waals surface area contributed by atoms with E-state index in [4.69, 9.17) is 20.9 Å². The fourth-order valence-corrected chi connectivity index (χ4v) is 7.00. The van der Waals surface area contributed by atoms with Gasteiger partial charge in [0.05, 0.1) is 21.9 Å². The summed E-state index contributed by atoms with van der Waals surface area (Å²) in [6.07, 6.45) is 0. The lowest BCUT2D eigenvalue weighted by Gasteiger charge is -2.19. The van der Waals surface area contributed by atoms with E-state index >= 15 is 0 Å². The third kappa shape index (κ3) is 4.86. The Kier molecular flexibility index (Phi) is 4.07. The van der Waals surface area contributed by atoms with Gasteiger partial charge in [-0.15, -0.1) is 0 Å². The molecule has 0 saturated carbocycles. The standard InChI is InChI=1S/C50H32O/c1-4-15-33(16-5-1)36-27-30-43-47(32-36)51-46-26-14-25-44(50(43)46)49-41-23-12-10-21-39(41)48(40-22-11-13-24-42(40)49)37-28-29-38(34-17-6-2-7-18-34)45(31-37)35-19-8-3-9-20-35/h1-32H/i1D,2D,4D,5D,6D,7D,14D,15D,16D,17D,18D,25D,26D,27D,30D,32D. The van der Waals surface area contributed by atoms with Crippen LogP contribution in [0.1, 0.15) is 21.9 Å². The summed E-state index contributed by atoms with van der Waals surface area (Å²) in [4.78, 5) is 0. The smallest absolute Gasteiger partial charge is 0.136 e. The molecule has 51 heavy (non-hydrogen) atoms. The number of hydrogen-bond acceptors (Lipinski definition) is 1. The zero-order valence-electron chi connectivity index (χ0n) is 42.6. The van der Waals surface area contributed by atoms with Crippen molar-refractivity contribution in [3.05, 3.63) is 194 Å². The summed E-state index contributed by atoms with van der Waals surface area (Å²) in [5, 5.41) is 2.46. The van der Waals surface area contributed by atoms with Gasteiger partial charge in [-0.05, 0) is 101 Å². The van der Waals surface area contributed by atoms with Crippen molar-refractivity contribution in [1.29, 1.82) is 0 Å². The molecule has 0 unspecified atom stereocenters. The van der Waals surface area contributed by atoms with Gasteiger partial charge in [0.2, 0.25) is 0 Å². The molecule has 0 saturated heterocycles. The molecule has 0 radical (unpaired) electrons. The molecule has 0 bridgehead atoms. The largest absolute Gasteiger partial charge is 0.456 e. The van der Waals surface area contributed by atoms with Gasteiger partial charge in [0.1, 0.15) is 11.2 Å². The second-order valence-electron chi connectivity index (χ2n) is 12.0. The van der Waals surface area contributed by atoms with Gasteiger partial charge in [-0.1, -0.05) is 170 Å². The Morgan fingerprint density at radius 1 is 0.353 bits per heavy atom. The van der Waals surface area contributed by atoms with Crippen LogP contribution in [-0.2, 0) is 0 Å². The molecule has 0 atom stereocenters. The molecule has 0 spiro atoms. The normalized spacial score (nSPS) is 15.9. The van der Waals surface area contributed by atoms with Gasteiger partial charge in [0, 0.05) is 10.8 Å². The van der Waals surface area contributed by atoms with E-state index in [1.54, 1.807) is 6.07 Å². The molecule has 1 heteroatoms. The molecule has 238 valence electrons. The van der Waals surface area contributed by atoms with E-state index in [2.05, 4.69) is 0 Å². The highest BCUT2D eigenvalue weighted by atomic mass is 16.3. The van der Waals surface area contributed by atoms with Crippen LogP contribution in [0.25, 0.3) is 99.1 Å². The molecule has 0 amide bonds. The lowest BCUT2D eigenvalue weighted by molar-refractivity contribution is 0.669. The van der Waals surface area contributed by atoms with E-state index in [1.807, 2.05) is 91.0 Å². The summed E-state index contributed by atoms with van der Waals surface area (Å²) >= 11 is 0. The van der Waals surface area contributed by atoms with E-state index in [-0.39, 0.29) is 51.2 Å². The molecule has 1 nitrogen and oxygen atoms in total. The van der Waals surface area contributed by atoms with Crippen LogP contribution in [0.2, 0.25) is 0 Å². The zero-order valence-corrected chi connectivity index (χ0v) is 26.6. The molecule has 0 fully saturated rings. The van der Waals surface area contributed by atoms with Crippen LogP contribution in [0, 0.1) is 0 Å². The van der Waals surface area contributed by atoms with Gasteiger partial charge in [-0.2, -0.15) is 0 Å². The SMILES string of the molecule is [2H]c1c([2H])c([2H])c(-c2ccc(-c3c4ccccc4c(-c4c([2H])c([2H])c([2H])c5oc6c([2H])c(-c7c([2H])c([2H])c([2H])c([2H])c7[2H])c([2H])c([2H])c6c45)c4ccccc34)cc2-c2ccccc2)c([2H])c1[2H]. The average molecular weight is 665 g/mol. The van der Waals surface area contributed by atoms with Crippen molar-refractivity contribution in [2.75, 3.05) is 0 Å². The van der Waals surface area contributed by atoms with Gasteiger partial charge in [-0.3, -0.25) is 0 Å². The molecule has 0 aliphatic rings.